The van der Waals surface area contributed by atoms with Gasteiger partial charge in [-0.05, 0) is 18.3 Å². The highest BCUT2D eigenvalue weighted by Gasteiger charge is 2.27. The van der Waals surface area contributed by atoms with Gasteiger partial charge < -0.3 is 19.5 Å². The number of aliphatic imine (C=N–C) groups is 1. The second-order valence-electron chi connectivity index (χ2n) is 7.80. The molecule has 2 aliphatic heterocycles. The summed E-state index contributed by atoms with van der Waals surface area (Å²) in [6, 6.07) is 0. The van der Waals surface area contributed by atoms with Gasteiger partial charge in [0.05, 0.1) is 19.8 Å². The largest absolute Gasteiger partial charge is 0.379 e. The zero-order chi connectivity index (χ0) is 18.4. The monoisotopic (exact) mass is 362 g/mol. The molecule has 1 N–H and O–H groups in total. The van der Waals surface area contributed by atoms with Crippen molar-refractivity contribution in [2.24, 2.45) is 16.8 Å². The number of likely N-dealkylation sites (tertiary alicyclic amines) is 1. The predicted molar refractivity (Wildman–Crippen MR) is 104 cm³/mol. The lowest BCUT2D eigenvalue weighted by Crippen LogP contribution is -2.42. The molecule has 0 amide bonds. The van der Waals surface area contributed by atoms with Crippen LogP contribution in [0.4, 0.5) is 0 Å². The van der Waals surface area contributed by atoms with E-state index in [2.05, 4.69) is 49.7 Å². The van der Waals surface area contributed by atoms with Gasteiger partial charge in [-0.15, -0.1) is 0 Å². The Labute approximate surface area is 157 Å². The Morgan fingerprint density at radius 1 is 1.35 bits per heavy atom. The molecule has 0 saturated carbocycles. The Bertz CT molecular complexity index is 578. The van der Waals surface area contributed by atoms with E-state index in [1.807, 2.05) is 13.2 Å². The molecule has 2 fully saturated rings. The minimum absolute atomic E-state index is 0.613. The molecule has 26 heavy (non-hydrogen) atoms. The topological polar surface area (TPSA) is 57.9 Å². The third-order valence-corrected chi connectivity index (χ3v) is 5.19. The van der Waals surface area contributed by atoms with E-state index in [9.17, 15) is 0 Å². The summed E-state index contributed by atoms with van der Waals surface area (Å²) in [6.45, 7) is 13.4. The van der Waals surface area contributed by atoms with E-state index in [-0.39, 0.29) is 0 Å². The van der Waals surface area contributed by atoms with Crippen LogP contribution in [0.1, 0.15) is 26.1 Å². The van der Waals surface area contributed by atoms with E-state index >= 15 is 0 Å². The van der Waals surface area contributed by atoms with Crippen molar-refractivity contribution in [3.05, 3.63) is 18.2 Å². The maximum atomic E-state index is 5.45. The van der Waals surface area contributed by atoms with E-state index in [4.69, 9.17) is 4.74 Å². The number of nitrogens with one attached hydrogen (secondary N) is 1. The molecule has 1 aromatic rings. The SMILES string of the molecule is CN=C(NCc1nccn1CC(C)C)N1CCC(CN2CCOCC2)C1. The third kappa shape index (κ3) is 5.20. The molecule has 1 atom stereocenters. The first-order valence-electron chi connectivity index (χ1n) is 9.91. The van der Waals surface area contributed by atoms with Gasteiger partial charge in [0.1, 0.15) is 5.82 Å². The zero-order valence-electron chi connectivity index (χ0n) is 16.5. The standard InChI is InChI=1S/C19H34N6O/c1-16(2)13-24-7-5-21-18(24)12-22-19(20-3)25-6-4-17(15-25)14-23-8-10-26-11-9-23/h5,7,16-17H,4,6,8-15H2,1-3H3,(H,20,22). The number of guanidine groups is 1. The van der Waals surface area contributed by atoms with Crippen molar-refractivity contribution in [3.8, 4) is 0 Å². The molecule has 3 heterocycles. The molecule has 1 aromatic heterocycles. The van der Waals surface area contributed by atoms with Crippen LogP contribution in [0.3, 0.4) is 0 Å². The summed E-state index contributed by atoms with van der Waals surface area (Å²) in [5, 5.41) is 3.51. The fraction of sp³-hybridized carbons (Fsp3) is 0.789. The number of morpholine rings is 1. The highest BCUT2D eigenvalue weighted by molar-refractivity contribution is 5.80. The number of ether oxygens (including phenoxy) is 1. The fourth-order valence-corrected chi connectivity index (χ4v) is 3.88. The number of hydrogen-bond donors (Lipinski definition) is 1. The third-order valence-electron chi connectivity index (χ3n) is 5.19. The van der Waals surface area contributed by atoms with E-state index < -0.39 is 0 Å². The minimum Gasteiger partial charge on any atom is -0.379 e. The molecule has 3 rings (SSSR count). The molecular formula is C19H34N6O. The summed E-state index contributed by atoms with van der Waals surface area (Å²) in [4.78, 5) is 13.9. The van der Waals surface area contributed by atoms with Crippen molar-refractivity contribution in [2.45, 2.75) is 33.4 Å². The molecule has 7 heteroatoms. The Morgan fingerprint density at radius 2 is 2.15 bits per heavy atom. The second kappa shape index (κ2) is 9.37. The molecule has 0 aliphatic carbocycles. The highest BCUT2D eigenvalue weighted by Crippen LogP contribution is 2.18. The number of hydrogen-bond acceptors (Lipinski definition) is 4. The van der Waals surface area contributed by atoms with Crippen molar-refractivity contribution >= 4 is 5.96 Å². The van der Waals surface area contributed by atoms with Gasteiger partial charge >= 0.3 is 0 Å². The summed E-state index contributed by atoms with van der Waals surface area (Å²) < 4.78 is 7.68. The van der Waals surface area contributed by atoms with Crippen LogP contribution in [0.15, 0.2) is 17.4 Å². The number of aromatic nitrogens is 2. The molecule has 0 bridgehead atoms. The Hall–Kier alpha value is -1.60. The van der Waals surface area contributed by atoms with Crippen molar-refractivity contribution in [3.63, 3.8) is 0 Å². The second-order valence-corrected chi connectivity index (χ2v) is 7.80. The van der Waals surface area contributed by atoms with E-state index in [0.717, 1.165) is 70.2 Å². The summed E-state index contributed by atoms with van der Waals surface area (Å²) in [5.74, 6) is 3.40. The molecule has 2 aliphatic rings. The first kappa shape index (κ1) is 19.2. The van der Waals surface area contributed by atoms with Crippen molar-refractivity contribution in [1.29, 1.82) is 0 Å². The lowest BCUT2D eigenvalue weighted by atomic mass is 10.1. The molecule has 2 saturated heterocycles. The van der Waals surface area contributed by atoms with Crippen LogP contribution in [0.2, 0.25) is 0 Å². The average Bonchev–Trinajstić information content (AvgIpc) is 3.26. The smallest absolute Gasteiger partial charge is 0.194 e. The fourth-order valence-electron chi connectivity index (χ4n) is 3.88. The lowest BCUT2D eigenvalue weighted by Gasteiger charge is -2.29. The maximum Gasteiger partial charge on any atom is 0.194 e. The van der Waals surface area contributed by atoms with Crippen LogP contribution >= 0.6 is 0 Å². The normalized spacial score (nSPS) is 22.4. The lowest BCUT2D eigenvalue weighted by molar-refractivity contribution is 0.0315. The van der Waals surface area contributed by atoms with E-state index in [1.54, 1.807) is 0 Å². The molecule has 146 valence electrons. The van der Waals surface area contributed by atoms with Crippen molar-refractivity contribution < 1.29 is 4.74 Å². The molecule has 1 unspecified atom stereocenters. The first-order chi connectivity index (χ1) is 12.7. The number of rotatable bonds is 6. The molecular weight excluding hydrogens is 328 g/mol. The Balaban J connectivity index is 1.48. The van der Waals surface area contributed by atoms with Crippen LogP contribution in [-0.4, -0.2) is 78.3 Å². The van der Waals surface area contributed by atoms with Crippen molar-refractivity contribution in [1.82, 2.24) is 24.7 Å². The highest BCUT2D eigenvalue weighted by atomic mass is 16.5. The van der Waals surface area contributed by atoms with E-state index in [0.29, 0.717) is 5.92 Å². The summed E-state index contributed by atoms with van der Waals surface area (Å²) in [7, 11) is 1.87. The van der Waals surface area contributed by atoms with Gasteiger partial charge in [-0.2, -0.15) is 0 Å². The number of nitrogens with zero attached hydrogens (tertiary/aromatic N) is 5. The maximum absolute atomic E-state index is 5.45. The van der Waals surface area contributed by atoms with Crippen LogP contribution in [-0.2, 0) is 17.8 Å². The summed E-state index contributed by atoms with van der Waals surface area (Å²) in [6.07, 6.45) is 5.18. The Morgan fingerprint density at radius 3 is 2.88 bits per heavy atom. The average molecular weight is 363 g/mol. The molecule has 0 radical (unpaired) electrons. The van der Waals surface area contributed by atoms with Gasteiger partial charge in [0, 0.05) is 58.7 Å². The van der Waals surface area contributed by atoms with Crippen LogP contribution in [0.5, 0.6) is 0 Å². The first-order valence-corrected chi connectivity index (χ1v) is 9.91. The summed E-state index contributed by atoms with van der Waals surface area (Å²) >= 11 is 0. The minimum atomic E-state index is 0.613. The Kier molecular flexibility index (Phi) is 6.91. The molecule has 7 nitrogen and oxygen atoms in total. The quantitative estimate of drug-likeness (QED) is 0.610. The number of imidazole rings is 1. The predicted octanol–water partition coefficient (Wildman–Crippen LogP) is 1.27. The van der Waals surface area contributed by atoms with Gasteiger partial charge in [0.2, 0.25) is 0 Å². The van der Waals surface area contributed by atoms with Gasteiger partial charge in [-0.3, -0.25) is 9.89 Å². The zero-order valence-corrected chi connectivity index (χ0v) is 16.5. The van der Waals surface area contributed by atoms with Crippen LogP contribution < -0.4 is 5.32 Å². The van der Waals surface area contributed by atoms with Gasteiger partial charge in [0.25, 0.3) is 0 Å². The van der Waals surface area contributed by atoms with Gasteiger partial charge in [0.15, 0.2) is 5.96 Å². The van der Waals surface area contributed by atoms with Crippen LogP contribution in [0.25, 0.3) is 0 Å². The molecule has 0 aromatic carbocycles. The van der Waals surface area contributed by atoms with Gasteiger partial charge in [-0.1, -0.05) is 13.8 Å². The van der Waals surface area contributed by atoms with Crippen molar-refractivity contribution in [2.75, 3.05) is 53.0 Å². The molecule has 0 spiro atoms. The van der Waals surface area contributed by atoms with E-state index in [1.165, 1.54) is 13.0 Å². The van der Waals surface area contributed by atoms with Crippen LogP contribution in [0, 0.1) is 11.8 Å². The van der Waals surface area contributed by atoms with Gasteiger partial charge in [-0.25, -0.2) is 4.98 Å². The summed E-state index contributed by atoms with van der Waals surface area (Å²) in [5.41, 5.74) is 0.